The molecule has 0 radical (unpaired) electrons. The molecule has 160 valence electrons. The van der Waals surface area contributed by atoms with Crippen molar-refractivity contribution in [1.29, 1.82) is 0 Å². The Morgan fingerprint density at radius 1 is 1.10 bits per heavy atom. The van der Waals surface area contributed by atoms with E-state index in [-0.39, 0.29) is 5.91 Å². The number of hydrogen-bond acceptors (Lipinski definition) is 5. The second kappa shape index (κ2) is 11.7. The van der Waals surface area contributed by atoms with Crippen LogP contribution in [-0.2, 0) is 4.79 Å². The van der Waals surface area contributed by atoms with Crippen LogP contribution in [0, 0.1) is 0 Å². The molecular weight excluding hydrogens is 518 g/mol. The van der Waals surface area contributed by atoms with Gasteiger partial charge >= 0.3 is 0 Å². The van der Waals surface area contributed by atoms with Crippen LogP contribution in [0.25, 0.3) is 0 Å². The van der Waals surface area contributed by atoms with E-state index in [4.69, 9.17) is 9.47 Å². The van der Waals surface area contributed by atoms with Gasteiger partial charge in [-0.3, -0.25) is 9.59 Å². The molecule has 2 aromatic carbocycles. The van der Waals surface area contributed by atoms with Crippen molar-refractivity contribution < 1.29 is 19.1 Å². The molecule has 2 aromatic rings. The number of benzene rings is 2. The van der Waals surface area contributed by atoms with Gasteiger partial charge in [0.15, 0.2) is 11.5 Å². The first-order chi connectivity index (χ1) is 14.4. The molecule has 0 heterocycles. The molecule has 0 saturated carbocycles. The maximum absolute atomic E-state index is 12.3. The van der Waals surface area contributed by atoms with E-state index in [2.05, 4.69) is 47.7 Å². The average Bonchev–Trinajstić information content (AvgIpc) is 2.71. The molecule has 0 fully saturated rings. The quantitative estimate of drug-likeness (QED) is 0.367. The summed E-state index contributed by atoms with van der Waals surface area (Å²) >= 11 is 6.78. The summed E-state index contributed by atoms with van der Waals surface area (Å²) in [6, 6.07) is 9.79. The lowest BCUT2D eigenvalue weighted by atomic mass is 10.2. The van der Waals surface area contributed by atoms with E-state index in [9.17, 15) is 9.59 Å². The van der Waals surface area contributed by atoms with Gasteiger partial charge in [-0.15, -0.1) is 0 Å². The minimum Gasteiger partial charge on any atom is -0.490 e. The summed E-state index contributed by atoms with van der Waals surface area (Å²) in [4.78, 5) is 24.6. The highest BCUT2D eigenvalue weighted by Crippen LogP contribution is 2.36. The van der Waals surface area contributed by atoms with Gasteiger partial charge in [-0.25, -0.2) is 5.43 Å². The van der Waals surface area contributed by atoms with Crippen LogP contribution in [0.15, 0.2) is 50.4 Å². The van der Waals surface area contributed by atoms with Gasteiger partial charge in [0.2, 0.25) is 0 Å². The molecule has 0 aliphatic carbocycles. The minimum atomic E-state index is -0.771. The van der Waals surface area contributed by atoms with Crippen molar-refractivity contribution in [3.05, 3.63) is 56.5 Å². The molecule has 0 spiro atoms. The van der Waals surface area contributed by atoms with E-state index in [0.717, 1.165) is 4.47 Å². The molecule has 7 nitrogen and oxygen atoms in total. The Balaban J connectivity index is 2.01. The van der Waals surface area contributed by atoms with Crippen molar-refractivity contribution in [1.82, 2.24) is 10.7 Å². The van der Waals surface area contributed by atoms with Gasteiger partial charge in [0.1, 0.15) is 6.04 Å². The average molecular weight is 541 g/mol. The Morgan fingerprint density at radius 3 is 2.47 bits per heavy atom. The zero-order chi connectivity index (χ0) is 22.1. The lowest BCUT2D eigenvalue weighted by molar-refractivity contribution is -0.122. The van der Waals surface area contributed by atoms with Gasteiger partial charge in [-0.1, -0.05) is 12.1 Å². The molecule has 30 heavy (non-hydrogen) atoms. The zero-order valence-electron chi connectivity index (χ0n) is 16.9. The Morgan fingerprint density at radius 2 is 1.80 bits per heavy atom. The van der Waals surface area contributed by atoms with Crippen molar-refractivity contribution in [2.75, 3.05) is 13.2 Å². The fourth-order valence-electron chi connectivity index (χ4n) is 2.46. The van der Waals surface area contributed by atoms with E-state index in [1.807, 2.05) is 19.9 Å². The Kier molecular flexibility index (Phi) is 9.32. The van der Waals surface area contributed by atoms with Crippen LogP contribution >= 0.6 is 31.9 Å². The fraction of sp³-hybridized carbons (Fsp3) is 0.286. The van der Waals surface area contributed by atoms with E-state index in [1.165, 1.54) is 6.21 Å². The molecule has 1 unspecified atom stereocenters. The third kappa shape index (κ3) is 6.56. The summed E-state index contributed by atoms with van der Waals surface area (Å²) in [5.74, 6) is 0.395. The summed E-state index contributed by atoms with van der Waals surface area (Å²) < 4.78 is 12.6. The number of halogens is 2. The highest BCUT2D eigenvalue weighted by atomic mass is 79.9. The minimum absolute atomic E-state index is 0.356. The van der Waals surface area contributed by atoms with Crippen molar-refractivity contribution in [3.8, 4) is 11.5 Å². The predicted molar refractivity (Wildman–Crippen MR) is 123 cm³/mol. The third-order valence-electron chi connectivity index (χ3n) is 3.87. The van der Waals surface area contributed by atoms with Crippen LogP contribution in [-0.4, -0.2) is 37.3 Å². The van der Waals surface area contributed by atoms with Gasteiger partial charge in [-0.05, 0) is 82.5 Å². The lowest BCUT2D eigenvalue weighted by Crippen LogP contribution is -2.43. The van der Waals surface area contributed by atoms with Gasteiger partial charge < -0.3 is 14.8 Å². The summed E-state index contributed by atoms with van der Waals surface area (Å²) in [5.41, 5.74) is 3.58. The van der Waals surface area contributed by atoms with Gasteiger partial charge in [0, 0.05) is 4.47 Å². The molecule has 1 atom stereocenters. The number of ether oxygens (including phenoxy) is 2. The number of nitrogens with zero attached hydrogens (tertiary/aromatic N) is 1. The van der Waals surface area contributed by atoms with Crippen molar-refractivity contribution >= 4 is 49.9 Å². The number of carbonyl (C=O) groups is 2. The van der Waals surface area contributed by atoms with Crippen LogP contribution in [0.2, 0.25) is 0 Å². The molecule has 9 heteroatoms. The SMILES string of the molecule is CCOc1cc(C=NNC(=O)C(C)NC(=O)c2ccccc2Br)cc(Br)c1OCC. The predicted octanol–water partition coefficient (Wildman–Crippen LogP) is 4.28. The summed E-state index contributed by atoms with van der Waals surface area (Å²) in [7, 11) is 0. The molecule has 0 aliphatic rings. The maximum atomic E-state index is 12.3. The number of hydrogen-bond donors (Lipinski definition) is 2. The topological polar surface area (TPSA) is 89.0 Å². The standard InChI is InChI=1S/C21H23Br2N3O4/c1-4-29-18-11-14(10-17(23)19(18)30-5-2)12-24-26-20(27)13(3)25-21(28)15-8-6-7-9-16(15)22/h6-13H,4-5H2,1-3H3,(H,25,28)(H,26,27). The van der Waals surface area contributed by atoms with Crippen LogP contribution in [0.5, 0.6) is 11.5 Å². The van der Waals surface area contributed by atoms with Crippen LogP contribution in [0.1, 0.15) is 36.7 Å². The van der Waals surface area contributed by atoms with Crippen LogP contribution in [0.3, 0.4) is 0 Å². The number of carbonyl (C=O) groups excluding carboxylic acids is 2. The summed E-state index contributed by atoms with van der Waals surface area (Å²) in [5, 5.41) is 6.62. The Labute approximate surface area is 192 Å². The largest absolute Gasteiger partial charge is 0.490 e. The highest BCUT2D eigenvalue weighted by molar-refractivity contribution is 9.10. The first-order valence-corrected chi connectivity index (χ1v) is 10.9. The first kappa shape index (κ1) is 23.9. The number of nitrogens with one attached hydrogen (secondary N) is 2. The number of hydrazone groups is 1. The van der Waals surface area contributed by atoms with E-state index < -0.39 is 11.9 Å². The van der Waals surface area contributed by atoms with Gasteiger partial charge in [0.25, 0.3) is 11.8 Å². The fourth-order valence-corrected chi connectivity index (χ4v) is 3.50. The van der Waals surface area contributed by atoms with Gasteiger partial charge in [0.05, 0.1) is 29.5 Å². The third-order valence-corrected chi connectivity index (χ3v) is 5.15. The summed E-state index contributed by atoms with van der Waals surface area (Å²) in [6.45, 7) is 6.35. The number of amides is 2. The smallest absolute Gasteiger partial charge is 0.262 e. The molecule has 2 amide bonds. The second-order valence-corrected chi connectivity index (χ2v) is 7.81. The Bertz CT molecular complexity index is 934. The molecular formula is C21H23Br2N3O4. The molecule has 0 aliphatic heterocycles. The van der Waals surface area contributed by atoms with Crippen molar-refractivity contribution in [2.24, 2.45) is 5.10 Å². The van der Waals surface area contributed by atoms with E-state index in [1.54, 1.807) is 37.3 Å². The lowest BCUT2D eigenvalue weighted by Gasteiger charge is -2.14. The van der Waals surface area contributed by atoms with Crippen molar-refractivity contribution in [2.45, 2.75) is 26.8 Å². The van der Waals surface area contributed by atoms with Crippen molar-refractivity contribution in [3.63, 3.8) is 0 Å². The second-order valence-electron chi connectivity index (χ2n) is 6.11. The molecule has 0 aromatic heterocycles. The van der Waals surface area contributed by atoms with Crippen LogP contribution < -0.4 is 20.2 Å². The molecule has 0 bridgehead atoms. The Hall–Kier alpha value is -2.39. The van der Waals surface area contributed by atoms with Gasteiger partial charge in [-0.2, -0.15) is 5.10 Å². The summed E-state index contributed by atoms with van der Waals surface area (Å²) in [6.07, 6.45) is 1.49. The maximum Gasteiger partial charge on any atom is 0.262 e. The molecule has 2 N–H and O–H groups in total. The molecule has 0 saturated heterocycles. The van der Waals surface area contributed by atoms with E-state index >= 15 is 0 Å². The normalized spacial score (nSPS) is 11.8. The highest BCUT2D eigenvalue weighted by Gasteiger charge is 2.17. The zero-order valence-corrected chi connectivity index (χ0v) is 20.0. The molecule has 2 rings (SSSR count). The van der Waals surface area contributed by atoms with E-state index in [0.29, 0.717) is 40.3 Å². The first-order valence-electron chi connectivity index (χ1n) is 9.34. The van der Waals surface area contributed by atoms with Crippen LogP contribution in [0.4, 0.5) is 0 Å². The monoisotopic (exact) mass is 539 g/mol. The number of rotatable bonds is 9.